The molecule has 2 nitrogen and oxygen atoms in total. The predicted octanol–water partition coefficient (Wildman–Crippen LogP) is 2.48. The zero-order valence-electron chi connectivity index (χ0n) is 8.18. The molecule has 0 radical (unpaired) electrons. The van der Waals surface area contributed by atoms with Gasteiger partial charge in [-0.3, -0.25) is 4.98 Å². The number of aliphatic hydroxyl groups is 1. The zero-order valence-corrected chi connectivity index (χ0v) is 8.18. The second-order valence-corrected chi connectivity index (χ2v) is 3.39. The van der Waals surface area contributed by atoms with Gasteiger partial charge in [0, 0.05) is 18.8 Å². The molecule has 96 valence electrons. The molecule has 1 heterocycles. The van der Waals surface area contributed by atoms with Crippen LogP contribution in [0.3, 0.4) is 0 Å². The Kier molecular flexibility index (Phi) is 3.37. The van der Waals surface area contributed by atoms with E-state index in [-0.39, 0.29) is 5.56 Å². The zero-order chi connectivity index (χ0) is 13.3. The van der Waals surface area contributed by atoms with Gasteiger partial charge in [0.05, 0.1) is 0 Å². The second-order valence-electron chi connectivity index (χ2n) is 3.39. The first-order valence-corrected chi connectivity index (χ1v) is 4.33. The monoisotopic (exact) mass is 259 g/mol. The summed E-state index contributed by atoms with van der Waals surface area (Å²) >= 11 is 0. The van der Waals surface area contributed by atoms with E-state index in [0.29, 0.717) is 0 Å². The summed E-state index contributed by atoms with van der Waals surface area (Å²) in [7, 11) is 0. The molecule has 0 atom stereocenters. The molecule has 0 saturated carbocycles. The van der Waals surface area contributed by atoms with Crippen molar-refractivity contribution in [1.29, 1.82) is 0 Å². The maximum Gasteiger partial charge on any atom is 0.426 e. The number of hydrogen-bond donors (Lipinski definition) is 1. The number of pyridine rings is 1. The number of halogens is 6. The number of nitrogens with zero attached hydrogens (tertiary/aromatic N) is 1. The minimum atomic E-state index is -5.80. The summed E-state index contributed by atoms with van der Waals surface area (Å²) in [5.74, 6) is 0. The van der Waals surface area contributed by atoms with Gasteiger partial charge in [-0.25, -0.2) is 0 Å². The van der Waals surface area contributed by atoms with Crippen molar-refractivity contribution >= 4 is 0 Å². The largest absolute Gasteiger partial charge is 0.426 e. The van der Waals surface area contributed by atoms with Crippen LogP contribution in [0.4, 0.5) is 26.3 Å². The molecule has 0 fully saturated rings. The maximum absolute atomic E-state index is 12.3. The topological polar surface area (TPSA) is 33.1 Å². The smallest absolute Gasteiger partial charge is 0.373 e. The Hall–Kier alpha value is -1.31. The highest BCUT2D eigenvalue weighted by Gasteiger charge is 2.70. The SMILES string of the molecule is OC(Cc1cccnc1)(C(F)(F)F)C(F)(F)F. The van der Waals surface area contributed by atoms with E-state index in [0.717, 1.165) is 12.3 Å². The molecule has 0 aromatic carbocycles. The molecule has 0 spiro atoms. The summed E-state index contributed by atoms with van der Waals surface area (Å²) in [5.41, 5.74) is -5.12. The van der Waals surface area contributed by atoms with Crippen LogP contribution in [0.2, 0.25) is 0 Å². The summed E-state index contributed by atoms with van der Waals surface area (Å²) in [6.45, 7) is 0. The molecule has 0 aliphatic heterocycles. The fraction of sp³-hybridized carbons (Fsp3) is 0.444. The van der Waals surface area contributed by atoms with E-state index < -0.39 is 24.4 Å². The molecule has 0 amide bonds. The van der Waals surface area contributed by atoms with Crippen LogP contribution in [-0.2, 0) is 6.42 Å². The van der Waals surface area contributed by atoms with Crippen molar-refractivity contribution in [2.45, 2.75) is 24.4 Å². The summed E-state index contributed by atoms with van der Waals surface area (Å²) in [4.78, 5) is 3.39. The van der Waals surface area contributed by atoms with Crippen molar-refractivity contribution in [3.8, 4) is 0 Å². The van der Waals surface area contributed by atoms with Gasteiger partial charge >= 0.3 is 12.4 Å². The van der Waals surface area contributed by atoms with Crippen LogP contribution in [0.1, 0.15) is 5.56 Å². The highest BCUT2D eigenvalue weighted by Crippen LogP contribution is 2.44. The third-order valence-corrected chi connectivity index (χ3v) is 2.12. The molecular formula is C9H7F6NO. The Morgan fingerprint density at radius 1 is 1.06 bits per heavy atom. The lowest BCUT2D eigenvalue weighted by Crippen LogP contribution is -2.58. The normalized spacial score (nSPS) is 13.8. The van der Waals surface area contributed by atoms with Gasteiger partial charge in [0.2, 0.25) is 0 Å². The molecule has 0 aliphatic carbocycles. The first-order chi connectivity index (χ1) is 7.58. The first-order valence-electron chi connectivity index (χ1n) is 4.33. The summed E-state index contributed by atoms with van der Waals surface area (Å²) in [6, 6.07) is 2.21. The fourth-order valence-corrected chi connectivity index (χ4v) is 1.16. The van der Waals surface area contributed by atoms with Gasteiger partial charge in [-0.2, -0.15) is 26.3 Å². The molecule has 0 aliphatic rings. The van der Waals surface area contributed by atoms with E-state index in [4.69, 9.17) is 5.11 Å². The van der Waals surface area contributed by atoms with Gasteiger partial charge in [0.25, 0.3) is 5.60 Å². The number of hydrogen-bond acceptors (Lipinski definition) is 2. The minimum absolute atomic E-state index is 0.357. The van der Waals surface area contributed by atoms with Gasteiger partial charge in [0.15, 0.2) is 0 Å². The lowest BCUT2D eigenvalue weighted by molar-refractivity contribution is -0.367. The molecule has 1 aromatic heterocycles. The van der Waals surface area contributed by atoms with Gasteiger partial charge in [-0.1, -0.05) is 6.07 Å². The predicted molar refractivity (Wildman–Crippen MR) is 45.0 cm³/mol. The van der Waals surface area contributed by atoms with Crippen LogP contribution in [-0.4, -0.2) is 28.0 Å². The highest BCUT2D eigenvalue weighted by molar-refractivity contribution is 5.14. The van der Waals surface area contributed by atoms with E-state index >= 15 is 0 Å². The van der Waals surface area contributed by atoms with Gasteiger partial charge < -0.3 is 5.11 Å². The number of aromatic nitrogens is 1. The van der Waals surface area contributed by atoms with E-state index in [9.17, 15) is 26.3 Å². The lowest BCUT2D eigenvalue weighted by Gasteiger charge is -2.32. The number of alkyl halides is 6. The van der Waals surface area contributed by atoms with Crippen molar-refractivity contribution in [2.75, 3.05) is 0 Å². The molecular weight excluding hydrogens is 252 g/mol. The summed E-state index contributed by atoms with van der Waals surface area (Å²) < 4.78 is 73.8. The third kappa shape index (κ3) is 2.68. The Bertz CT molecular complexity index is 357. The summed E-state index contributed by atoms with van der Waals surface area (Å²) in [6.07, 6.45) is -11.2. The number of rotatable bonds is 2. The van der Waals surface area contributed by atoms with Crippen molar-refractivity contribution < 1.29 is 31.4 Å². The molecule has 0 bridgehead atoms. The minimum Gasteiger partial charge on any atom is -0.373 e. The van der Waals surface area contributed by atoms with E-state index in [1.165, 1.54) is 12.3 Å². The molecule has 1 aromatic rings. The molecule has 1 N–H and O–H groups in total. The Morgan fingerprint density at radius 2 is 1.59 bits per heavy atom. The Balaban J connectivity index is 3.11. The average molecular weight is 259 g/mol. The standard InChI is InChI=1S/C9H7F6NO/c10-8(11,12)7(17,9(13,14)15)4-6-2-1-3-16-5-6/h1-3,5,17H,4H2. The van der Waals surface area contributed by atoms with Crippen LogP contribution < -0.4 is 0 Å². The fourth-order valence-electron chi connectivity index (χ4n) is 1.16. The molecule has 1 rings (SSSR count). The van der Waals surface area contributed by atoms with Gasteiger partial charge in [-0.05, 0) is 11.6 Å². The van der Waals surface area contributed by atoms with Crippen LogP contribution >= 0.6 is 0 Å². The van der Waals surface area contributed by atoms with E-state index in [1.54, 1.807) is 0 Å². The van der Waals surface area contributed by atoms with Crippen molar-refractivity contribution in [1.82, 2.24) is 4.98 Å². The second kappa shape index (κ2) is 4.17. The van der Waals surface area contributed by atoms with Crippen molar-refractivity contribution in [3.63, 3.8) is 0 Å². The Morgan fingerprint density at radius 3 is 1.94 bits per heavy atom. The van der Waals surface area contributed by atoms with Crippen molar-refractivity contribution in [2.24, 2.45) is 0 Å². The van der Waals surface area contributed by atoms with Crippen LogP contribution in [0.15, 0.2) is 24.5 Å². The first kappa shape index (κ1) is 13.8. The molecule has 8 heteroatoms. The highest BCUT2D eigenvalue weighted by atomic mass is 19.4. The van der Waals surface area contributed by atoms with Gasteiger partial charge in [0.1, 0.15) is 0 Å². The Labute approximate surface area is 91.9 Å². The van der Waals surface area contributed by atoms with Crippen molar-refractivity contribution in [3.05, 3.63) is 30.1 Å². The van der Waals surface area contributed by atoms with Crippen LogP contribution in [0, 0.1) is 0 Å². The van der Waals surface area contributed by atoms with Crippen LogP contribution in [0.5, 0.6) is 0 Å². The average Bonchev–Trinajstić information content (AvgIpc) is 2.15. The molecule has 0 unspecified atom stereocenters. The quantitative estimate of drug-likeness (QED) is 0.828. The maximum atomic E-state index is 12.3. The third-order valence-electron chi connectivity index (χ3n) is 2.12. The lowest BCUT2D eigenvalue weighted by atomic mass is 9.94. The molecule has 0 saturated heterocycles. The van der Waals surface area contributed by atoms with Gasteiger partial charge in [-0.15, -0.1) is 0 Å². The van der Waals surface area contributed by atoms with E-state index in [1.807, 2.05) is 0 Å². The van der Waals surface area contributed by atoms with E-state index in [2.05, 4.69) is 4.98 Å². The summed E-state index contributed by atoms with van der Waals surface area (Å²) in [5, 5.41) is 8.86. The molecule has 17 heavy (non-hydrogen) atoms. The van der Waals surface area contributed by atoms with Crippen LogP contribution in [0.25, 0.3) is 0 Å².